The molecule has 5 nitrogen and oxygen atoms in total. The van der Waals surface area contributed by atoms with E-state index in [1.54, 1.807) is 12.3 Å². The average molecular weight is 260 g/mol. The van der Waals surface area contributed by atoms with Gasteiger partial charge in [-0.1, -0.05) is 0 Å². The summed E-state index contributed by atoms with van der Waals surface area (Å²) >= 11 is 3.21. The second kappa shape index (κ2) is 4.80. The molecule has 1 rings (SSSR count). The molecule has 0 saturated heterocycles. The predicted molar refractivity (Wildman–Crippen MR) is 54.6 cm³/mol. The van der Waals surface area contributed by atoms with Crippen molar-refractivity contribution in [3.63, 3.8) is 0 Å². The molecule has 76 valence electrons. The van der Waals surface area contributed by atoms with E-state index in [1.165, 1.54) is 0 Å². The number of halogens is 1. The second-order valence-corrected chi connectivity index (χ2v) is 3.62. The highest BCUT2D eigenvalue weighted by Crippen LogP contribution is 2.09. The molecule has 0 aliphatic carbocycles. The van der Waals surface area contributed by atoms with Crippen molar-refractivity contribution in [1.29, 1.82) is 0 Å². The van der Waals surface area contributed by atoms with Gasteiger partial charge in [-0.2, -0.15) is 0 Å². The number of amides is 2. The van der Waals surface area contributed by atoms with Crippen molar-refractivity contribution in [2.45, 2.75) is 6.42 Å². The molecule has 0 radical (unpaired) electrons. The molecule has 0 saturated carbocycles. The standard InChI is InChI=1S/C8H10BrN3O2/c9-5-3-6(12-4-5)8(14)11-2-1-7(10)13/h3-4,12H,1-2H2,(H2,10,13)(H,11,14). The van der Waals surface area contributed by atoms with Gasteiger partial charge in [0, 0.05) is 23.6 Å². The van der Waals surface area contributed by atoms with Crippen molar-refractivity contribution < 1.29 is 9.59 Å². The maximum absolute atomic E-state index is 11.3. The van der Waals surface area contributed by atoms with Crippen molar-refractivity contribution in [2.75, 3.05) is 6.54 Å². The lowest BCUT2D eigenvalue weighted by molar-refractivity contribution is -0.117. The molecule has 0 spiro atoms. The summed E-state index contributed by atoms with van der Waals surface area (Å²) in [6.45, 7) is 0.255. The Kier molecular flexibility index (Phi) is 3.70. The van der Waals surface area contributed by atoms with E-state index in [9.17, 15) is 9.59 Å². The van der Waals surface area contributed by atoms with Crippen LogP contribution in [-0.2, 0) is 4.79 Å². The Balaban J connectivity index is 2.39. The maximum atomic E-state index is 11.3. The van der Waals surface area contributed by atoms with Gasteiger partial charge >= 0.3 is 0 Å². The summed E-state index contributed by atoms with van der Waals surface area (Å²) in [5, 5.41) is 2.55. The molecule has 0 aliphatic heterocycles. The van der Waals surface area contributed by atoms with Crippen LogP contribution in [0, 0.1) is 0 Å². The van der Waals surface area contributed by atoms with Crippen LogP contribution in [0.1, 0.15) is 16.9 Å². The molecule has 2 amide bonds. The third-order valence-electron chi connectivity index (χ3n) is 1.55. The van der Waals surface area contributed by atoms with E-state index < -0.39 is 5.91 Å². The van der Waals surface area contributed by atoms with E-state index in [2.05, 4.69) is 26.2 Å². The SMILES string of the molecule is NC(=O)CCNC(=O)c1cc(Br)c[nH]1. The maximum Gasteiger partial charge on any atom is 0.267 e. The van der Waals surface area contributed by atoms with E-state index in [1.807, 2.05) is 0 Å². The van der Waals surface area contributed by atoms with Gasteiger partial charge in [-0.15, -0.1) is 0 Å². The number of aromatic amines is 1. The van der Waals surface area contributed by atoms with Crippen molar-refractivity contribution in [2.24, 2.45) is 5.73 Å². The Bertz CT molecular complexity index is 348. The number of hydrogen-bond donors (Lipinski definition) is 3. The van der Waals surface area contributed by atoms with Gasteiger partial charge in [0.25, 0.3) is 5.91 Å². The first-order valence-corrected chi connectivity index (χ1v) is 4.79. The van der Waals surface area contributed by atoms with Gasteiger partial charge in [0.05, 0.1) is 0 Å². The van der Waals surface area contributed by atoms with Crippen LogP contribution in [0.3, 0.4) is 0 Å². The topological polar surface area (TPSA) is 88.0 Å². The molecule has 0 bridgehead atoms. The van der Waals surface area contributed by atoms with Crippen molar-refractivity contribution >= 4 is 27.7 Å². The molecule has 1 heterocycles. The summed E-state index contributed by atoms with van der Waals surface area (Å²) in [5.74, 6) is -0.685. The minimum atomic E-state index is -0.432. The molecule has 6 heteroatoms. The van der Waals surface area contributed by atoms with Crippen molar-refractivity contribution in [3.05, 3.63) is 22.4 Å². The van der Waals surface area contributed by atoms with Gasteiger partial charge in [0.15, 0.2) is 0 Å². The summed E-state index contributed by atoms with van der Waals surface area (Å²) in [6.07, 6.45) is 1.80. The molecule has 0 aliphatic rings. The molecular formula is C8H10BrN3O2. The smallest absolute Gasteiger partial charge is 0.267 e. The van der Waals surface area contributed by atoms with E-state index in [4.69, 9.17) is 5.73 Å². The van der Waals surface area contributed by atoms with Crippen molar-refractivity contribution in [3.8, 4) is 0 Å². The van der Waals surface area contributed by atoms with E-state index in [0.29, 0.717) is 5.69 Å². The highest BCUT2D eigenvalue weighted by atomic mass is 79.9. The van der Waals surface area contributed by atoms with Gasteiger partial charge in [0.1, 0.15) is 5.69 Å². The highest BCUT2D eigenvalue weighted by Gasteiger charge is 2.06. The monoisotopic (exact) mass is 259 g/mol. The number of rotatable bonds is 4. The van der Waals surface area contributed by atoms with Crippen LogP contribution >= 0.6 is 15.9 Å². The Hall–Kier alpha value is -1.30. The Morgan fingerprint density at radius 3 is 2.79 bits per heavy atom. The number of aromatic nitrogens is 1. The van der Waals surface area contributed by atoms with E-state index in [0.717, 1.165) is 4.47 Å². The quantitative estimate of drug-likeness (QED) is 0.730. The van der Waals surface area contributed by atoms with Gasteiger partial charge in [-0.25, -0.2) is 0 Å². The zero-order valence-corrected chi connectivity index (χ0v) is 8.93. The fourth-order valence-electron chi connectivity index (χ4n) is 0.893. The largest absolute Gasteiger partial charge is 0.370 e. The van der Waals surface area contributed by atoms with Gasteiger partial charge in [-0.3, -0.25) is 9.59 Å². The Morgan fingerprint density at radius 1 is 1.57 bits per heavy atom. The van der Waals surface area contributed by atoms with E-state index >= 15 is 0 Å². The zero-order valence-electron chi connectivity index (χ0n) is 7.34. The lowest BCUT2D eigenvalue weighted by Gasteiger charge is -2.00. The normalized spacial score (nSPS) is 9.79. The van der Waals surface area contributed by atoms with Gasteiger partial charge < -0.3 is 16.0 Å². The van der Waals surface area contributed by atoms with Crippen LogP contribution in [0.25, 0.3) is 0 Å². The summed E-state index contributed by atoms with van der Waals surface area (Å²) in [7, 11) is 0. The minimum absolute atomic E-state index is 0.146. The highest BCUT2D eigenvalue weighted by molar-refractivity contribution is 9.10. The van der Waals surface area contributed by atoms with Crippen LogP contribution in [0.5, 0.6) is 0 Å². The molecule has 1 aromatic heterocycles. The summed E-state index contributed by atoms with van der Waals surface area (Å²) < 4.78 is 0.803. The first kappa shape index (κ1) is 10.8. The third kappa shape index (κ3) is 3.21. The molecule has 1 aromatic rings. The number of carbonyl (C=O) groups excluding carboxylic acids is 2. The number of nitrogens with one attached hydrogen (secondary N) is 2. The van der Waals surface area contributed by atoms with Crippen LogP contribution in [0.2, 0.25) is 0 Å². The van der Waals surface area contributed by atoms with Crippen LogP contribution in [0.15, 0.2) is 16.7 Å². The molecule has 0 fully saturated rings. The van der Waals surface area contributed by atoms with Crippen LogP contribution in [0.4, 0.5) is 0 Å². The first-order chi connectivity index (χ1) is 6.59. The lowest BCUT2D eigenvalue weighted by atomic mass is 10.3. The number of primary amides is 1. The number of hydrogen-bond acceptors (Lipinski definition) is 2. The summed E-state index contributed by atoms with van der Waals surface area (Å²) in [5.41, 5.74) is 5.36. The molecule has 0 atom stereocenters. The number of carbonyl (C=O) groups is 2. The number of H-pyrrole nitrogens is 1. The number of nitrogens with two attached hydrogens (primary N) is 1. The second-order valence-electron chi connectivity index (χ2n) is 2.70. The summed E-state index contributed by atoms with van der Waals surface area (Å²) in [6, 6.07) is 1.65. The molecule has 4 N–H and O–H groups in total. The van der Waals surface area contributed by atoms with E-state index in [-0.39, 0.29) is 18.9 Å². The fourth-order valence-corrected chi connectivity index (χ4v) is 1.24. The fraction of sp³-hybridized carbons (Fsp3) is 0.250. The van der Waals surface area contributed by atoms with Crippen molar-refractivity contribution in [1.82, 2.24) is 10.3 Å². The molecule has 14 heavy (non-hydrogen) atoms. The third-order valence-corrected chi connectivity index (χ3v) is 2.01. The zero-order chi connectivity index (χ0) is 10.6. The first-order valence-electron chi connectivity index (χ1n) is 4.00. The molecule has 0 aromatic carbocycles. The lowest BCUT2D eigenvalue weighted by Crippen LogP contribution is -2.28. The Labute approximate surface area is 89.2 Å². The van der Waals surface area contributed by atoms with Gasteiger partial charge in [-0.05, 0) is 22.0 Å². The summed E-state index contributed by atoms with van der Waals surface area (Å²) in [4.78, 5) is 24.5. The van der Waals surface area contributed by atoms with Crippen LogP contribution < -0.4 is 11.1 Å². The molecule has 0 unspecified atom stereocenters. The van der Waals surface area contributed by atoms with Crippen LogP contribution in [-0.4, -0.2) is 23.3 Å². The average Bonchev–Trinajstić information content (AvgIpc) is 2.51. The van der Waals surface area contributed by atoms with Gasteiger partial charge in [0.2, 0.25) is 5.91 Å². The predicted octanol–water partition coefficient (Wildman–Crippen LogP) is 0.382. The minimum Gasteiger partial charge on any atom is -0.370 e. The Morgan fingerprint density at radius 2 is 2.29 bits per heavy atom. The molecular weight excluding hydrogens is 250 g/mol.